The van der Waals surface area contributed by atoms with Gasteiger partial charge in [-0.05, 0) is 45.9 Å². The monoisotopic (exact) mass is 412 g/mol. The van der Waals surface area contributed by atoms with Gasteiger partial charge >= 0.3 is 6.09 Å². The van der Waals surface area contributed by atoms with Crippen LogP contribution in [0.5, 0.6) is 5.75 Å². The minimum Gasteiger partial charge on any atom is -0.496 e. The quantitative estimate of drug-likeness (QED) is 0.744. The third-order valence-electron chi connectivity index (χ3n) is 3.94. The second-order valence-corrected chi connectivity index (χ2v) is 8.03. The van der Waals surface area contributed by atoms with Gasteiger partial charge < -0.3 is 19.3 Å². The van der Waals surface area contributed by atoms with E-state index in [9.17, 15) is 9.59 Å². The number of amides is 2. The number of hydrogen-bond donors (Lipinski definition) is 0. The second-order valence-electron chi connectivity index (χ2n) is 7.12. The van der Waals surface area contributed by atoms with E-state index in [-0.39, 0.29) is 18.0 Å². The molecule has 7 heteroatoms. The van der Waals surface area contributed by atoms with E-state index in [1.807, 2.05) is 33.8 Å². The Labute approximate surface area is 157 Å². The molecular formula is C18H25BrN2O4. The highest BCUT2D eigenvalue weighted by molar-refractivity contribution is 9.10. The molecule has 0 saturated carbocycles. The maximum atomic E-state index is 12.8. The molecule has 2 amide bonds. The molecule has 1 aliphatic heterocycles. The molecule has 25 heavy (non-hydrogen) atoms. The highest BCUT2D eigenvalue weighted by Gasteiger charge is 2.33. The van der Waals surface area contributed by atoms with Crippen molar-refractivity contribution in [2.45, 2.75) is 39.3 Å². The van der Waals surface area contributed by atoms with Gasteiger partial charge in [0, 0.05) is 30.1 Å². The molecule has 0 spiro atoms. The summed E-state index contributed by atoms with van der Waals surface area (Å²) in [6.07, 6.45) is -0.340. The van der Waals surface area contributed by atoms with Crippen molar-refractivity contribution in [3.8, 4) is 5.75 Å². The molecule has 0 radical (unpaired) electrons. The third kappa shape index (κ3) is 4.87. The van der Waals surface area contributed by atoms with E-state index in [0.717, 1.165) is 4.47 Å². The first kappa shape index (κ1) is 19.6. The Kier molecular flexibility index (Phi) is 5.98. The van der Waals surface area contributed by atoms with E-state index in [2.05, 4.69) is 15.9 Å². The Bertz CT molecular complexity index is 657. The number of carbonyl (C=O) groups excluding carboxylic acids is 2. The van der Waals surface area contributed by atoms with Gasteiger partial charge in [-0.15, -0.1) is 0 Å². The van der Waals surface area contributed by atoms with Crippen LogP contribution in [0.3, 0.4) is 0 Å². The summed E-state index contributed by atoms with van der Waals surface area (Å²) in [4.78, 5) is 28.5. The van der Waals surface area contributed by atoms with Crippen molar-refractivity contribution < 1.29 is 19.1 Å². The van der Waals surface area contributed by atoms with Gasteiger partial charge in [0.15, 0.2) is 0 Å². The topological polar surface area (TPSA) is 59.1 Å². The molecule has 1 aromatic rings. The van der Waals surface area contributed by atoms with Crippen molar-refractivity contribution in [2.75, 3.05) is 26.7 Å². The second kappa shape index (κ2) is 7.64. The van der Waals surface area contributed by atoms with E-state index in [0.29, 0.717) is 30.9 Å². The summed E-state index contributed by atoms with van der Waals surface area (Å²) >= 11 is 3.38. The van der Waals surface area contributed by atoms with Gasteiger partial charge in [-0.3, -0.25) is 4.79 Å². The van der Waals surface area contributed by atoms with Crippen molar-refractivity contribution in [1.82, 2.24) is 9.80 Å². The number of piperazine rings is 1. The van der Waals surface area contributed by atoms with Crippen LogP contribution in [0.4, 0.5) is 4.79 Å². The van der Waals surface area contributed by atoms with Crippen LogP contribution in [-0.4, -0.2) is 60.2 Å². The van der Waals surface area contributed by atoms with Crippen LogP contribution in [0.1, 0.15) is 38.1 Å². The Morgan fingerprint density at radius 1 is 1.24 bits per heavy atom. The Hall–Kier alpha value is -1.76. The first-order valence-electron chi connectivity index (χ1n) is 8.25. The van der Waals surface area contributed by atoms with Gasteiger partial charge in [0.1, 0.15) is 11.4 Å². The lowest BCUT2D eigenvalue weighted by atomic mass is 10.1. The Balaban J connectivity index is 2.08. The minimum atomic E-state index is -0.533. The molecule has 1 fully saturated rings. The maximum Gasteiger partial charge on any atom is 0.410 e. The summed E-state index contributed by atoms with van der Waals surface area (Å²) in [5, 5.41) is 0. The van der Waals surface area contributed by atoms with Gasteiger partial charge in [0.2, 0.25) is 0 Å². The summed E-state index contributed by atoms with van der Waals surface area (Å²) in [6.45, 7) is 8.81. The maximum absolute atomic E-state index is 12.8. The fourth-order valence-electron chi connectivity index (χ4n) is 2.75. The molecule has 0 bridgehead atoms. The molecule has 0 aromatic heterocycles. The van der Waals surface area contributed by atoms with Crippen LogP contribution in [0.25, 0.3) is 0 Å². The van der Waals surface area contributed by atoms with Crippen LogP contribution < -0.4 is 4.74 Å². The summed E-state index contributed by atoms with van der Waals surface area (Å²) in [5.41, 5.74) is -0.0159. The molecule has 0 N–H and O–H groups in total. The standard InChI is InChI=1S/C18H25BrN2O4/c1-12-11-20(8-9-21(12)17(23)25-18(2,3)4)16(22)14-7-6-13(19)10-15(14)24-5/h6-7,10,12H,8-9,11H2,1-5H3/t12-/m0/s1. The van der Waals surface area contributed by atoms with E-state index >= 15 is 0 Å². The van der Waals surface area contributed by atoms with Crippen molar-refractivity contribution in [3.63, 3.8) is 0 Å². The van der Waals surface area contributed by atoms with Gasteiger partial charge in [-0.25, -0.2) is 4.79 Å². The van der Waals surface area contributed by atoms with Crippen molar-refractivity contribution in [2.24, 2.45) is 0 Å². The SMILES string of the molecule is COc1cc(Br)ccc1C(=O)N1CCN(C(=O)OC(C)(C)C)[C@@H](C)C1. The normalized spacial score (nSPS) is 18.1. The molecule has 1 aliphatic rings. The van der Waals surface area contributed by atoms with E-state index in [1.54, 1.807) is 29.0 Å². The molecule has 6 nitrogen and oxygen atoms in total. The van der Waals surface area contributed by atoms with Gasteiger partial charge in [0.25, 0.3) is 5.91 Å². The summed E-state index contributed by atoms with van der Waals surface area (Å²) in [6, 6.07) is 5.22. The summed E-state index contributed by atoms with van der Waals surface area (Å²) < 4.78 is 11.6. The van der Waals surface area contributed by atoms with Crippen LogP contribution in [0.2, 0.25) is 0 Å². The summed E-state index contributed by atoms with van der Waals surface area (Å²) in [7, 11) is 1.54. The highest BCUT2D eigenvalue weighted by Crippen LogP contribution is 2.26. The number of hydrogen-bond acceptors (Lipinski definition) is 4. The average molecular weight is 413 g/mol. The van der Waals surface area contributed by atoms with Gasteiger partial charge in [-0.2, -0.15) is 0 Å². The molecule has 1 atom stereocenters. The fraction of sp³-hybridized carbons (Fsp3) is 0.556. The first-order valence-corrected chi connectivity index (χ1v) is 9.04. The number of methoxy groups -OCH3 is 1. The van der Waals surface area contributed by atoms with Crippen LogP contribution in [-0.2, 0) is 4.74 Å². The van der Waals surface area contributed by atoms with Crippen LogP contribution in [0.15, 0.2) is 22.7 Å². The van der Waals surface area contributed by atoms with Crippen molar-refractivity contribution in [3.05, 3.63) is 28.2 Å². The number of nitrogens with zero attached hydrogens (tertiary/aromatic N) is 2. The lowest BCUT2D eigenvalue weighted by Gasteiger charge is -2.40. The van der Waals surface area contributed by atoms with Gasteiger partial charge in [-0.1, -0.05) is 15.9 Å². The molecule has 138 valence electrons. The predicted octanol–water partition coefficient (Wildman–Crippen LogP) is 3.54. The third-order valence-corrected chi connectivity index (χ3v) is 4.43. The Morgan fingerprint density at radius 3 is 2.48 bits per heavy atom. The van der Waals surface area contributed by atoms with Crippen LogP contribution in [0, 0.1) is 0 Å². The molecule has 1 heterocycles. The Morgan fingerprint density at radius 2 is 1.92 bits per heavy atom. The lowest BCUT2D eigenvalue weighted by molar-refractivity contribution is 0.00193. The lowest BCUT2D eigenvalue weighted by Crippen LogP contribution is -2.56. The zero-order valence-corrected chi connectivity index (χ0v) is 16.9. The smallest absolute Gasteiger partial charge is 0.410 e. The van der Waals surface area contributed by atoms with Crippen LogP contribution >= 0.6 is 15.9 Å². The van der Waals surface area contributed by atoms with Crippen molar-refractivity contribution in [1.29, 1.82) is 0 Å². The molecule has 2 rings (SSSR count). The molecule has 1 aromatic carbocycles. The number of rotatable bonds is 2. The van der Waals surface area contributed by atoms with E-state index in [4.69, 9.17) is 9.47 Å². The number of carbonyl (C=O) groups is 2. The first-order chi connectivity index (χ1) is 11.6. The van der Waals surface area contributed by atoms with Gasteiger partial charge in [0.05, 0.1) is 12.7 Å². The molecular weight excluding hydrogens is 388 g/mol. The molecule has 0 aliphatic carbocycles. The number of ether oxygens (including phenoxy) is 2. The number of halogens is 1. The van der Waals surface area contributed by atoms with E-state index < -0.39 is 5.60 Å². The largest absolute Gasteiger partial charge is 0.496 e. The zero-order chi connectivity index (χ0) is 18.8. The summed E-state index contributed by atoms with van der Waals surface area (Å²) in [5.74, 6) is 0.432. The van der Waals surface area contributed by atoms with E-state index in [1.165, 1.54) is 0 Å². The van der Waals surface area contributed by atoms with Crippen molar-refractivity contribution >= 4 is 27.9 Å². The molecule has 0 unspecified atom stereocenters. The zero-order valence-electron chi connectivity index (χ0n) is 15.3. The predicted molar refractivity (Wildman–Crippen MR) is 99.0 cm³/mol. The number of benzene rings is 1. The average Bonchev–Trinajstić information content (AvgIpc) is 2.52. The molecule has 1 saturated heterocycles. The minimum absolute atomic E-state index is 0.0972. The highest BCUT2D eigenvalue weighted by atomic mass is 79.9. The fourth-order valence-corrected chi connectivity index (χ4v) is 3.09.